The fourth-order valence-corrected chi connectivity index (χ4v) is 0.821. The van der Waals surface area contributed by atoms with E-state index in [4.69, 9.17) is 0 Å². The Balaban J connectivity index is 2.55. The van der Waals surface area contributed by atoms with E-state index in [2.05, 4.69) is 6.92 Å². The average Bonchev–Trinajstić information content (AvgIpc) is 1.77. The lowest BCUT2D eigenvalue weighted by Crippen LogP contribution is -2.03. The van der Waals surface area contributed by atoms with E-state index in [0.29, 0.717) is 5.92 Å². The van der Waals surface area contributed by atoms with Crippen LogP contribution in [0.3, 0.4) is 0 Å². The van der Waals surface area contributed by atoms with Gasteiger partial charge in [0.05, 0.1) is 0 Å². The summed E-state index contributed by atoms with van der Waals surface area (Å²) < 4.78 is 0. The van der Waals surface area contributed by atoms with E-state index in [0.717, 1.165) is 12.8 Å². The normalized spacial score (nSPS) is 28.6. The number of hydrogen-bond donors (Lipinski definition) is 0. The molecule has 0 amide bonds. The zero-order valence-electron chi connectivity index (χ0n) is 5.05. The Morgan fingerprint density at radius 1 is 1.75 bits per heavy atom. The first-order valence-electron chi connectivity index (χ1n) is 3.00. The number of rotatable bonds is 0. The van der Waals surface area contributed by atoms with Crippen LogP contribution in [-0.2, 0) is 4.79 Å². The van der Waals surface area contributed by atoms with Crippen molar-refractivity contribution in [3.63, 3.8) is 0 Å². The van der Waals surface area contributed by atoms with Crippen LogP contribution in [0.5, 0.6) is 0 Å². The van der Waals surface area contributed by atoms with E-state index in [-0.39, 0.29) is 5.78 Å². The molecule has 8 heavy (non-hydrogen) atoms. The molecule has 0 spiro atoms. The van der Waals surface area contributed by atoms with Gasteiger partial charge in [-0.1, -0.05) is 13.0 Å². The van der Waals surface area contributed by atoms with Crippen molar-refractivity contribution in [2.24, 2.45) is 5.92 Å². The summed E-state index contributed by atoms with van der Waals surface area (Å²) in [5.74, 6) is 0.899. The highest BCUT2D eigenvalue weighted by molar-refractivity contribution is 5.90. The number of carbonyl (C=O) groups excluding carboxylic acids is 1. The Morgan fingerprint density at radius 2 is 2.50 bits per heavy atom. The molecule has 0 aliphatic heterocycles. The average molecular weight is 110 g/mol. The molecule has 0 heterocycles. The topological polar surface area (TPSA) is 17.1 Å². The van der Waals surface area contributed by atoms with Crippen molar-refractivity contribution in [2.75, 3.05) is 0 Å². The summed E-state index contributed by atoms with van der Waals surface area (Å²) in [6.45, 7) is 2.13. The molecular weight excluding hydrogens is 100 g/mol. The number of hydrogen-bond acceptors (Lipinski definition) is 1. The standard InChI is InChI=1S/C7H10O/c1-6-2-4-7(8)5-3-6/h2,4,6H,3,5H2,1H3/t6-/m1/s1. The molecule has 0 aromatic rings. The summed E-state index contributed by atoms with van der Waals surface area (Å²) in [6.07, 6.45) is 5.45. The minimum Gasteiger partial charge on any atom is -0.295 e. The van der Waals surface area contributed by atoms with Gasteiger partial charge in [-0.25, -0.2) is 0 Å². The highest BCUT2D eigenvalue weighted by Crippen LogP contribution is 2.12. The third-order valence-electron chi connectivity index (χ3n) is 1.46. The third kappa shape index (κ3) is 1.19. The van der Waals surface area contributed by atoms with Gasteiger partial charge in [-0.05, 0) is 18.4 Å². The van der Waals surface area contributed by atoms with Crippen LogP contribution >= 0.6 is 0 Å². The van der Waals surface area contributed by atoms with Crippen LogP contribution in [0, 0.1) is 5.92 Å². The maximum Gasteiger partial charge on any atom is 0.155 e. The van der Waals surface area contributed by atoms with Gasteiger partial charge in [-0.2, -0.15) is 0 Å². The molecule has 44 valence electrons. The molecule has 0 N–H and O–H groups in total. The zero-order chi connectivity index (χ0) is 5.98. The quantitative estimate of drug-likeness (QED) is 0.462. The van der Waals surface area contributed by atoms with Gasteiger partial charge in [0.25, 0.3) is 0 Å². The molecule has 1 nitrogen and oxygen atoms in total. The fraction of sp³-hybridized carbons (Fsp3) is 0.571. The lowest BCUT2D eigenvalue weighted by atomic mass is 9.97. The number of allylic oxidation sites excluding steroid dienone is 2. The maximum atomic E-state index is 10.5. The third-order valence-corrected chi connectivity index (χ3v) is 1.46. The van der Waals surface area contributed by atoms with Crippen LogP contribution < -0.4 is 0 Å². The summed E-state index contributed by atoms with van der Waals surface area (Å²) in [5.41, 5.74) is 0. The highest BCUT2D eigenvalue weighted by Gasteiger charge is 2.06. The summed E-state index contributed by atoms with van der Waals surface area (Å²) in [7, 11) is 0. The van der Waals surface area contributed by atoms with Crippen molar-refractivity contribution in [1.82, 2.24) is 0 Å². The van der Waals surface area contributed by atoms with Gasteiger partial charge in [-0.15, -0.1) is 0 Å². The van der Waals surface area contributed by atoms with Crippen LogP contribution in [-0.4, -0.2) is 5.78 Å². The minimum atomic E-state index is 0.281. The van der Waals surface area contributed by atoms with Crippen molar-refractivity contribution in [3.8, 4) is 0 Å². The van der Waals surface area contributed by atoms with Crippen LogP contribution in [0.2, 0.25) is 0 Å². The second-order valence-electron chi connectivity index (χ2n) is 2.34. The Labute approximate surface area is 49.4 Å². The first-order valence-corrected chi connectivity index (χ1v) is 3.00. The van der Waals surface area contributed by atoms with Crippen LogP contribution in [0.15, 0.2) is 12.2 Å². The molecule has 0 aromatic carbocycles. The molecule has 1 atom stereocenters. The predicted molar refractivity (Wildman–Crippen MR) is 32.5 cm³/mol. The summed E-state index contributed by atoms with van der Waals surface area (Å²) in [6, 6.07) is 0. The fourth-order valence-electron chi connectivity index (χ4n) is 0.821. The smallest absolute Gasteiger partial charge is 0.155 e. The molecular formula is C7H10O. The summed E-state index contributed by atoms with van der Waals surface area (Å²) in [5, 5.41) is 0. The van der Waals surface area contributed by atoms with E-state index in [1.54, 1.807) is 6.08 Å². The Bertz CT molecular complexity index is 124. The molecule has 0 radical (unpaired) electrons. The van der Waals surface area contributed by atoms with E-state index >= 15 is 0 Å². The van der Waals surface area contributed by atoms with Crippen LogP contribution in [0.1, 0.15) is 19.8 Å². The molecule has 1 rings (SSSR count). The van der Waals surface area contributed by atoms with E-state index in [1.165, 1.54) is 0 Å². The highest BCUT2D eigenvalue weighted by atomic mass is 16.1. The Kier molecular flexibility index (Phi) is 1.47. The largest absolute Gasteiger partial charge is 0.295 e. The number of carbonyl (C=O) groups is 1. The SMILES string of the molecule is C[C@@H]1C=CC(=O)CC1. The molecule has 0 bridgehead atoms. The first kappa shape index (κ1) is 5.54. The molecule has 0 saturated heterocycles. The van der Waals surface area contributed by atoms with Crippen molar-refractivity contribution >= 4 is 5.78 Å². The molecule has 1 aliphatic carbocycles. The molecule has 0 fully saturated rings. The van der Waals surface area contributed by atoms with Crippen LogP contribution in [0.4, 0.5) is 0 Å². The van der Waals surface area contributed by atoms with Gasteiger partial charge in [0.1, 0.15) is 0 Å². The first-order chi connectivity index (χ1) is 3.79. The summed E-state index contributed by atoms with van der Waals surface area (Å²) in [4.78, 5) is 10.5. The van der Waals surface area contributed by atoms with Gasteiger partial charge in [-0.3, -0.25) is 4.79 Å². The molecule has 0 saturated carbocycles. The van der Waals surface area contributed by atoms with Gasteiger partial charge in [0, 0.05) is 6.42 Å². The molecule has 0 aromatic heterocycles. The summed E-state index contributed by atoms with van der Waals surface area (Å²) >= 11 is 0. The monoisotopic (exact) mass is 110 g/mol. The lowest BCUT2D eigenvalue weighted by molar-refractivity contribution is -0.115. The van der Waals surface area contributed by atoms with Gasteiger partial charge >= 0.3 is 0 Å². The van der Waals surface area contributed by atoms with Gasteiger partial charge < -0.3 is 0 Å². The van der Waals surface area contributed by atoms with Gasteiger partial charge in [0.2, 0.25) is 0 Å². The van der Waals surface area contributed by atoms with Crippen molar-refractivity contribution in [2.45, 2.75) is 19.8 Å². The lowest BCUT2D eigenvalue weighted by Gasteiger charge is -2.07. The van der Waals surface area contributed by atoms with E-state index < -0.39 is 0 Å². The molecule has 1 aliphatic rings. The molecule has 1 heteroatoms. The van der Waals surface area contributed by atoms with Crippen molar-refractivity contribution in [3.05, 3.63) is 12.2 Å². The van der Waals surface area contributed by atoms with E-state index in [9.17, 15) is 4.79 Å². The second kappa shape index (κ2) is 2.12. The van der Waals surface area contributed by atoms with Crippen molar-refractivity contribution in [1.29, 1.82) is 0 Å². The number of ketones is 1. The van der Waals surface area contributed by atoms with E-state index in [1.807, 2.05) is 6.08 Å². The van der Waals surface area contributed by atoms with Crippen molar-refractivity contribution < 1.29 is 4.79 Å². The second-order valence-corrected chi connectivity index (χ2v) is 2.34. The van der Waals surface area contributed by atoms with Gasteiger partial charge in [0.15, 0.2) is 5.78 Å². The van der Waals surface area contributed by atoms with Crippen LogP contribution in [0.25, 0.3) is 0 Å². The Hall–Kier alpha value is -0.590. The Morgan fingerprint density at radius 3 is 2.88 bits per heavy atom. The predicted octanol–water partition coefficient (Wildman–Crippen LogP) is 1.54. The minimum absolute atomic E-state index is 0.281. The zero-order valence-corrected chi connectivity index (χ0v) is 5.05. The molecule has 0 unspecified atom stereocenters. The maximum absolute atomic E-state index is 10.5.